The van der Waals surface area contributed by atoms with Gasteiger partial charge in [0.25, 0.3) is 5.91 Å². The second-order valence-corrected chi connectivity index (χ2v) is 5.39. The number of rotatable bonds is 4. The first-order valence-electron chi connectivity index (χ1n) is 7.31. The Bertz CT molecular complexity index is 425. The lowest BCUT2D eigenvalue weighted by molar-refractivity contribution is -0.134. The van der Waals surface area contributed by atoms with Gasteiger partial charge >= 0.3 is 0 Å². The van der Waals surface area contributed by atoms with Crippen LogP contribution in [0, 0.1) is 5.82 Å². The third-order valence-electron chi connectivity index (χ3n) is 3.94. The van der Waals surface area contributed by atoms with Gasteiger partial charge in [-0.1, -0.05) is 25.7 Å². The van der Waals surface area contributed by atoms with Gasteiger partial charge in [0.2, 0.25) is 0 Å². The van der Waals surface area contributed by atoms with Crippen molar-refractivity contribution >= 4 is 5.91 Å². The van der Waals surface area contributed by atoms with Crippen LogP contribution >= 0.6 is 0 Å². The molecule has 1 fully saturated rings. The molecular formula is C16H22FNO2. The Morgan fingerprint density at radius 1 is 1.20 bits per heavy atom. The predicted octanol–water partition coefficient (Wildman–Crippen LogP) is 3.39. The van der Waals surface area contributed by atoms with Crippen LogP contribution in [-0.4, -0.2) is 30.5 Å². The van der Waals surface area contributed by atoms with Gasteiger partial charge in [-0.2, -0.15) is 0 Å². The van der Waals surface area contributed by atoms with Gasteiger partial charge in [0.1, 0.15) is 11.6 Å². The van der Waals surface area contributed by atoms with E-state index in [1.165, 1.54) is 49.9 Å². The molecule has 0 aliphatic heterocycles. The second kappa shape index (κ2) is 7.27. The Hall–Kier alpha value is -1.58. The average Bonchev–Trinajstić information content (AvgIpc) is 2.74. The highest BCUT2D eigenvalue weighted by Gasteiger charge is 2.21. The molecule has 0 heterocycles. The molecular weight excluding hydrogens is 257 g/mol. The molecule has 1 aromatic rings. The highest BCUT2D eigenvalue weighted by molar-refractivity contribution is 5.77. The molecule has 0 radical (unpaired) electrons. The second-order valence-electron chi connectivity index (χ2n) is 5.39. The smallest absolute Gasteiger partial charge is 0.260 e. The summed E-state index contributed by atoms with van der Waals surface area (Å²) in [6.45, 7) is 0.0125. The molecule has 1 aromatic carbocycles. The first-order chi connectivity index (χ1) is 9.66. The third kappa shape index (κ3) is 4.22. The lowest BCUT2D eigenvalue weighted by Gasteiger charge is -2.27. The summed E-state index contributed by atoms with van der Waals surface area (Å²) in [5.74, 6) is 0.203. The molecule has 1 amide bonds. The highest BCUT2D eigenvalue weighted by Crippen LogP contribution is 2.21. The van der Waals surface area contributed by atoms with Gasteiger partial charge in [-0.3, -0.25) is 4.79 Å². The van der Waals surface area contributed by atoms with E-state index >= 15 is 0 Å². The van der Waals surface area contributed by atoms with E-state index in [0.29, 0.717) is 11.8 Å². The van der Waals surface area contributed by atoms with Crippen LogP contribution in [0.1, 0.15) is 38.5 Å². The fraction of sp³-hybridized carbons (Fsp3) is 0.562. The van der Waals surface area contributed by atoms with E-state index in [1.54, 1.807) is 0 Å². The number of benzene rings is 1. The van der Waals surface area contributed by atoms with Crippen molar-refractivity contribution in [2.45, 2.75) is 44.6 Å². The molecule has 1 saturated carbocycles. The first-order valence-corrected chi connectivity index (χ1v) is 7.31. The molecule has 0 aromatic heterocycles. The summed E-state index contributed by atoms with van der Waals surface area (Å²) in [6.07, 6.45) is 7.09. The minimum absolute atomic E-state index is 0.0125. The van der Waals surface area contributed by atoms with Crippen LogP contribution in [0.25, 0.3) is 0 Å². The maximum Gasteiger partial charge on any atom is 0.260 e. The number of amides is 1. The summed E-state index contributed by atoms with van der Waals surface area (Å²) in [6, 6.07) is 6.06. The molecule has 4 heteroatoms. The first kappa shape index (κ1) is 14.8. The number of carbonyl (C=O) groups excluding carboxylic acids is 1. The maximum absolute atomic E-state index is 12.8. The van der Waals surface area contributed by atoms with E-state index in [-0.39, 0.29) is 18.3 Å². The van der Waals surface area contributed by atoms with Gasteiger partial charge < -0.3 is 9.64 Å². The zero-order valence-corrected chi connectivity index (χ0v) is 12.0. The molecule has 1 aliphatic carbocycles. The van der Waals surface area contributed by atoms with Crippen molar-refractivity contribution < 1.29 is 13.9 Å². The molecule has 0 N–H and O–H groups in total. The number of hydrogen-bond donors (Lipinski definition) is 0. The zero-order valence-electron chi connectivity index (χ0n) is 12.0. The van der Waals surface area contributed by atoms with Crippen LogP contribution in [0.4, 0.5) is 4.39 Å². The van der Waals surface area contributed by atoms with Crippen molar-refractivity contribution in [2.24, 2.45) is 0 Å². The quantitative estimate of drug-likeness (QED) is 0.791. The number of nitrogens with zero attached hydrogens (tertiary/aromatic N) is 1. The van der Waals surface area contributed by atoms with E-state index in [2.05, 4.69) is 0 Å². The zero-order chi connectivity index (χ0) is 14.4. The van der Waals surface area contributed by atoms with E-state index in [4.69, 9.17) is 4.74 Å². The Kier molecular flexibility index (Phi) is 5.39. The average molecular weight is 279 g/mol. The van der Waals surface area contributed by atoms with Gasteiger partial charge in [-0.15, -0.1) is 0 Å². The highest BCUT2D eigenvalue weighted by atomic mass is 19.1. The lowest BCUT2D eigenvalue weighted by atomic mass is 10.1. The summed E-state index contributed by atoms with van der Waals surface area (Å²) in [5.41, 5.74) is 0. The van der Waals surface area contributed by atoms with Crippen molar-refractivity contribution in [2.75, 3.05) is 13.7 Å². The van der Waals surface area contributed by atoms with Crippen molar-refractivity contribution in [3.05, 3.63) is 30.1 Å². The molecule has 110 valence electrons. The Morgan fingerprint density at radius 2 is 1.80 bits per heavy atom. The van der Waals surface area contributed by atoms with Crippen LogP contribution in [0.3, 0.4) is 0 Å². The molecule has 0 unspecified atom stereocenters. The number of halogens is 1. The third-order valence-corrected chi connectivity index (χ3v) is 3.94. The molecule has 1 aliphatic rings. The lowest BCUT2D eigenvalue weighted by Crippen LogP contribution is -2.39. The minimum Gasteiger partial charge on any atom is -0.484 e. The van der Waals surface area contributed by atoms with Crippen molar-refractivity contribution in [3.8, 4) is 5.75 Å². The van der Waals surface area contributed by atoms with Gasteiger partial charge in [-0.05, 0) is 37.1 Å². The molecule has 3 nitrogen and oxygen atoms in total. The summed E-state index contributed by atoms with van der Waals surface area (Å²) >= 11 is 0. The fourth-order valence-electron chi connectivity index (χ4n) is 2.63. The number of carbonyl (C=O) groups is 1. The van der Waals surface area contributed by atoms with Crippen LogP contribution in [0.15, 0.2) is 24.3 Å². The Labute approximate surface area is 119 Å². The minimum atomic E-state index is -0.306. The van der Waals surface area contributed by atoms with Crippen LogP contribution < -0.4 is 4.74 Å². The Morgan fingerprint density at radius 3 is 2.40 bits per heavy atom. The molecule has 0 saturated heterocycles. The maximum atomic E-state index is 12.8. The van der Waals surface area contributed by atoms with Crippen LogP contribution in [0.5, 0.6) is 5.75 Å². The Balaban J connectivity index is 1.82. The molecule has 0 spiro atoms. The summed E-state index contributed by atoms with van der Waals surface area (Å²) in [7, 11) is 1.85. The number of likely N-dealkylation sites (N-methyl/N-ethyl adjacent to an activating group) is 1. The van der Waals surface area contributed by atoms with E-state index < -0.39 is 0 Å². The summed E-state index contributed by atoms with van der Waals surface area (Å²) in [4.78, 5) is 13.9. The molecule has 0 bridgehead atoms. The molecule has 20 heavy (non-hydrogen) atoms. The van der Waals surface area contributed by atoms with E-state index in [0.717, 1.165) is 12.8 Å². The van der Waals surface area contributed by atoms with Crippen molar-refractivity contribution in [1.82, 2.24) is 4.90 Å². The normalized spacial score (nSPS) is 16.5. The standard InChI is InChI=1S/C16H22FNO2/c1-18(14-6-4-2-3-5-7-14)16(19)12-20-15-10-8-13(17)9-11-15/h8-11,14H,2-7,12H2,1H3. The van der Waals surface area contributed by atoms with E-state index in [1.807, 2.05) is 11.9 Å². The summed E-state index contributed by atoms with van der Waals surface area (Å²) < 4.78 is 18.2. The molecule has 2 rings (SSSR count). The van der Waals surface area contributed by atoms with Crippen molar-refractivity contribution in [3.63, 3.8) is 0 Å². The predicted molar refractivity (Wildman–Crippen MR) is 76.2 cm³/mol. The van der Waals surface area contributed by atoms with Gasteiger partial charge in [0.05, 0.1) is 0 Å². The SMILES string of the molecule is CN(C(=O)COc1ccc(F)cc1)C1CCCCCC1. The van der Waals surface area contributed by atoms with Gasteiger partial charge in [0.15, 0.2) is 6.61 Å². The van der Waals surface area contributed by atoms with Gasteiger partial charge in [-0.25, -0.2) is 4.39 Å². The van der Waals surface area contributed by atoms with Crippen LogP contribution in [0.2, 0.25) is 0 Å². The topological polar surface area (TPSA) is 29.5 Å². The number of ether oxygens (including phenoxy) is 1. The largest absolute Gasteiger partial charge is 0.484 e. The molecule has 0 atom stereocenters. The monoisotopic (exact) mass is 279 g/mol. The number of hydrogen-bond acceptors (Lipinski definition) is 2. The summed E-state index contributed by atoms with van der Waals surface area (Å²) in [5, 5.41) is 0. The van der Waals surface area contributed by atoms with Gasteiger partial charge in [0, 0.05) is 13.1 Å². The van der Waals surface area contributed by atoms with Crippen molar-refractivity contribution in [1.29, 1.82) is 0 Å². The fourth-order valence-corrected chi connectivity index (χ4v) is 2.63. The van der Waals surface area contributed by atoms with E-state index in [9.17, 15) is 9.18 Å². The van der Waals surface area contributed by atoms with Crippen LogP contribution in [-0.2, 0) is 4.79 Å².